The molecule has 0 saturated heterocycles. The van der Waals surface area contributed by atoms with E-state index in [4.69, 9.17) is 0 Å². The molecule has 3 heteroatoms. The van der Waals surface area contributed by atoms with Gasteiger partial charge in [0, 0.05) is 11.3 Å². The molecule has 1 N–H and O–H groups in total. The maximum absolute atomic E-state index is 12.0. The molecule has 1 aliphatic carbocycles. The van der Waals surface area contributed by atoms with Gasteiger partial charge in [0.1, 0.15) is 0 Å². The minimum atomic E-state index is 0.118. The largest absolute Gasteiger partial charge is 0.352 e. The second kappa shape index (κ2) is 6.83. The smallest absolute Gasteiger partial charge is 0.224 e. The van der Waals surface area contributed by atoms with Crippen LogP contribution in [-0.4, -0.2) is 17.2 Å². The summed E-state index contributed by atoms with van der Waals surface area (Å²) in [5.74, 6) is 0.118. The number of carbonyl (C=O) groups is 1. The molecule has 0 aliphatic heterocycles. The third kappa shape index (κ3) is 4.05. The molecule has 1 aliphatic rings. The van der Waals surface area contributed by atoms with Crippen LogP contribution in [0.15, 0.2) is 30.3 Å². The molecule has 0 bridgehead atoms. The van der Waals surface area contributed by atoms with Crippen molar-refractivity contribution in [3.8, 4) is 0 Å². The van der Waals surface area contributed by atoms with Gasteiger partial charge in [-0.25, -0.2) is 0 Å². The van der Waals surface area contributed by atoms with E-state index < -0.39 is 0 Å². The van der Waals surface area contributed by atoms with Crippen LogP contribution in [0, 0.1) is 0 Å². The first-order chi connectivity index (χ1) is 8.75. The first-order valence-electron chi connectivity index (χ1n) is 6.77. The third-order valence-corrected chi connectivity index (χ3v) is 4.15. The van der Waals surface area contributed by atoms with Gasteiger partial charge in [0.25, 0.3) is 0 Å². The highest BCUT2D eigenvalue weighted by Gasteiger charge is 2.22. The van der Waals surface area contributed by atoms with E-state index in [2.05, 4.69) is 17.9 Å². The average molecular weight is 263 g/mol. The number of benzene rings is 1. The van der Waals surface area contributed by atoms with Gasteiger partial charge in [0.2, 0.25) is 5.91 Å². The summed E-state index contributed by atoms with van der Waals surface area (Å²) in [6, 6.07) is 10.1. The highest BCUT2D eigenvalue weighted by molar-refractivity contribution is 7.81. The number of amides is 1. The van der Waals surface area contributed by atoms with Crippen LogP contribution in [0.1, 0.15) is 37.7 Å². The molecular weight excluding hydrogens is 242 g/mol. The van der Waals surface area contributed by atoms with Crippen molar-refractivity contribution in [2.75, 3.05) is 0 Å². The van der Waals surface area contributed by atoms with Gasteiger partial charge in [-0.3, -0.25) is 4.79 Å². The van der Waals surface area contributed by atoms with Gasteiger partial charge in [-0.1, -0.05) is 49.6 Å². The standard InChI is InChI=1S/C15H21NOS/c17-15(11-12-7-3-1-4-8-12)16-13-9-5-2-6-10-14(13)18/h1,3-4,7-8,13-14,18H,2,5-6,9-11H2,(H,16,17). The van der Waals surface area contributed by atoms with Crippen LogP contribution in [0.4, 0.5) is 0 Å². The number of rotatable bonds is 3. The minimum absolute atomic E-state index is 0.118. The number of hydrogen-bond donors (Lipinski definition) is 2. The molecule has 0 spiro atoms. The Morgan fingerprint density at radius 1 is 1.17 bits per heavy atom. The molecule has 1 aromatic carbocycles. The molecule has 1 fully saturated rings. The summed E-state index contributed by atoms with van der Waals surface area (Å²) in [5, 5.41) is 3.45. The second-order valence-corrected chi connectivity index (χ2v) is 5.71. The molecule has 2 atom stereocenters. The normalized spacial score (nSPS) is 24.3. The van der Waals surface area contributed by atoms with Gasteiger partial charge in [-0.15, -0.1) is 0 Å². The van der Waals surface area contributed by atoms with Gasteiger partial charge < -0.3 is 5.32 Å². The van der Waals surface area contributed by atoms with Crippen molar-refractivity contribution in [2.24, 2.45) is 0 Å². The minimum Gasteiger partial charge on any atom is -0.352 e. The lowest BCUT2D eigenvalue weighted by molar-refractivity contribution is -0.121. The summed E-state index contributed by atoms with van der Waals surface area (Å²) < 4.78 is 0. The van der Waals surface area contributed by atoms with E-state index >= 15 is 0 Å². The third-order valence-electron chi connectivity index (χ3n) is 3.53. The summed E-state index contributed by atoms with van der Waals surface area (Å²) in [5.41, 5.74) is 1.07. The fraction of sp³-hybridized carbons (Fsp3) is 0.533. The average Bonchev–Trinajstić information content (AvgIpc) is 2.56. The van der Waals surface area contributed by atoms with Crippen molar-refractivity contribution in [3.63, 3.8) is 0 Å². The van der Waals surface area contributed by atoms with E-state index in [-0.39, 0.29) is 11.9 Å². The molecule has 2 rings (SSSR count). The maximum atomic E-state index is 12.0. The highest BCUT2D eigenvalue weighted by Crippen LogP contribution is 2.22. The molecule has 1 aromatic rings. The molecule has 0 radical (unpaired) electrons. The fourth-order valence-electron chi connectivity index (χ4n) is 2.50. The predicted octanol–water partition coefficient (Wildman–Crippen LogP) is 2.98. The zero-order valence-corrected chi connectivity index (χ0v) is 11.5. The molecule has 1 amide bonds. The SMILES string of the molecule is O=C(Cc1ccccc1)NC1CCCCCC1S. The Bertz CT molecular complexity index is 379. The molecule has 2 nitrogen and oxygen atoms in total. The van der Waals surface area contributed by atoms with Gasteiger partial charge in [-0.05, 0) is 18.4 Å². The van der Waals surface area contributed by atoms with E-state index in [0.717, 1.165) is 18.4 Å². The Hall–Kier alpha value is -0.960. The van der Waals surface area contributed by atoms with E-state index in [9.17, 15) is 4.79 Å². The number of hydrogen-bond acceptors (Lipinski definition) is 2. The van der Waals surface area contributed by atoms with Crippen molar-refractivity contribution in [1.29, 1.82) is 0 Å². The first-order valence-corrected chi connectivity index (χ1v) is 7.29. The summed E-state index contributed by atoms with van der Waals surface area (Å²) >= 11 is 4.61. The number of nitrogens with one attached hydrogen (secondary N) is 1. The number of thiol groups is 1. The highest BCUT2D eigenvalue weighted by atomic mass is 32.1. The first kappa shape index (κ1) is 13.5. The Morgan fingerprint density at radius 2 is 1.89 bits per heavy atom. The zero-order valence-electron chi connectivity index (χ0n) is 10.6. The van der Waals surface area contributed by atoms with Crippen molar-refractivity contribution in [2.45, 2.75) is 49.8 Å². The maximum Gasteiger partial charge on any atom is 0.224 e. The van der Waals surface area contributed by atoms with Crippen LogP contribution in [0.5, 0.6) is 0 Å². The lowest BCUT2D eigenvalue weighted by Gasteiger charge is -2.22. The van der Waals surface area contributed by atoms with E-state index in [1.165, 1.54) is 19.3 Å². The molecule has 1 saturated carbocycles. The molecule has 0 heterocycles. The van der Waals surface area contributed by atoms with Crippen molar-refractivity contribution in [3.05, 3.63) is 35.9 Å². The molecular formula is C15H21NOS. The van der Waals surface area contributed by atoms with Crippen LogP contribution < -0.4 is 5.32 Å². The van der Waals surface area contributed by atoms with Gasteiger partial charge in [0.05, 0.1) is 6.42 Å². The molecule has 18 heavy (non-hydrogen) atoms. The monoisotopic (exact) mass is 263 g/mol. The lowest BCUT2D eigenvalue weighted by Crippen LogP contribution is -2.41. The van der Waals surface area contributed by atoms with Gasteiger partial charge in [0.15, 0.2) is 0 Å². The topological polar surface area (TPSA) is 29.1 Å². The van der Waals surface area contributed by atoms with Crippen molar-refractivity contribution < 1.29 is 4.79 Å². The predicted molar refractivity (Wildman–Crippen MR) is 77.9 cm³/mol. The lowest BCUT2D eigenvalue weighted by atomic mass is 10.1. The second-order valence-electron chi connectivity index (χ2n) is 5.04. The van der Waals surface area contributed by atoms with Crippen LogP contribution in [-0.2, 0) is 11.2 Å². The summed E-state index contributed by atoms with van der Waals surface area (Å²) in [6.45, 7) is 0. The molecule has 2 unspecified atom stereocenters. The number of carbonyl (C=O) groups excluding carboxylic acids is 1. The summed E-state index contributed by atoms with van der Waals surface area (Å²) in [7, 11) is 0. The van der Waals surface area contributed by atoms with Gasteiger partial charge in [-0.2, -0.15) is 12.6 Å². The van der Waals surface area contributed by atoms with Crippen molar-refractivity contribution >= 4 is 18.5 Å². The van der Waals surface area contributed by atoms with E-state index in [0.29, 0.717) is 11.7 Å². The van der Waals surface area contributed by atoms with Crippen molar-refractivity contribution in [1.82, 2.24) is 5.32 Å². The molecule has 0 aromatic heterocycles. The van der Waals surface area contributed by atoms with Crippen LogP contribution in [0.3, 0.4) is 0 Å². The quantitative estimate of drug-likeness (QED) is 0.637. The summed E-state index contributed by atoms with van der Waals surface area (Å²) in [4.78, 5) is 12.0. The van der Waals surface area contributed by atoms with Crippen LogP contribution in [0.2, 0.25) is 0 Å². The van der Waals surface area contributed by atoms with Gasteiger partial charge >= 0.3 is 0 Å². The zero-order chi connectivity index (χ0) is 12.8. The van der Waals surface area contributed by atoms with Crippen LogP contribution in [0.25, 0.3) is 0 Å². The Kier molecular flexibility index (Phi) is 5.12. The Labute approximate surface area is 115 Å². The summed E-state index contributed by atoms with van der Waals surface area (Å²) in [6.07, 6.45) is 6.35. The van der Waals surface area contributed by atoms with E-state index in [1.54, 1.807) is 0 Å². The Balaban J connectivity index is 1.86. The van der Waals surface area contributed by atoms with E-state index in [1.807, 2.05) is 30.3 Å². The Morgan fingerprint density at radius 3 is 2.67 bits per heavy atom. The fourth-order valence-corrected chi connectivity index (χ4v) is 2.90. The molecule has 98 valence electrons. The van der Waals surface area contributed by atoms with Crippen LogP contribution >= 0.6 is 12.6 Å².